The summed E-state index contributed by atoms with van der Waals surface area (Å²) in [6.07, 6.45) is 7.31. The molecule has 1 aromatic carbocycles. The number of imidazole rings is 1. The molecule has 5 heterocycles. The molecule has 1 fully saturated rings. The normalized spacial score (nSPS) is 19.0. The lowest BCUT2D eigenvalue weighted by molar-refractivity contribution is -0.0372. The number of hydrogen-bond acceptors (Lipinski definition) is 7. The number of carbonyl (C=O) groups excluding carboxylic acids is 1. The fourth-order valence-electron chi connectivity index (χ4n) is 5.89. The van der Waals surface area contributed by atoms with Crippen molar-refractivity contribution in [1.82, 2.24) is 24.6 Å². The number of carbonyl (C=O) groups is 1. The number of rotatable bonds is 7. The number of hydrogen-bond donors (Lipinski definition) is 2. The van der Waals surface area contributed by atoms with E-state index in [1.54, 1.807) is 19.5 Å². The van der Waals surface area contributed by atoms with Gasteiger partial charge in [0, 0.05) is 51.1 Å². The van der Waals surface area contributed by atoms with Crippen molar-refractivity contribution in [2.75, 3.05) is 51.1 Å². The Morgan fingerprint density at radius 3 is 2.82 bits per heavy atom. The molecular weight excluding hydrogens is 497 g/mol. The van der Waals surface area contributed by atoms with Crippen LogP contribution in [0.4, 0.5) is 21.6 Å². The minimum atomic E-state index is -0.341. The smallest absolute Gasteiger partial charge is 0.254 e. The predicted molar refractivity (Wildman–Crippen MR) is 149 cm³/mol. The lowest BCUT2D eigenvalue weighted by Gasteiger charge is -2.44. The molecule has 2 aliphatic heterocycles. The van der Waals surface area contributed by atoms with E-state index in [4.69, 9.17) is 4.74 Å². The summed E-state index contributed by atoms with van der Waals surface area (Å²) in [7, 11) is 5.95. The Morgan fingerprint density at radius 1 is 1.18 bits per heavy atom. The maximum absolute atomic E-state index is 13.7. The van der Waals surface area contributed by atoms with Crippen molar-refractivity contribution in [3.05, 3.63) is 71.9 Å². The summed E-state index contributed by atoms with van der Waals surface area (Å²) < 4.78 is 21.5. The number of nitrogens with zero attached hydrogens (tertiary/aromatic N) is 5. The molecule has 2 N–H and O–H groups in total. The molecule has 39 heavy (non-hydrogen) atoms. The van der Waals surface area contributed by atoms with Gasteiger partial charge in [-0.2, -0.15) is 0 Å². The third kappa shape index (κ3) is 4.70. The van der Waals surface area contributed by atoms with Crippen LogP contribution in [0.3, 0.4) is 0 Å². The van der Waals surface area contributed by atoms with E-state index in [0.717, 1.165) is 55.0 Å². The van der Waals surface area contributed by atoms with Crippen molar-refractivity contribution in [3.63, 3.8) is 0 Å². The van der Waals surface area contributed by atoms with Crippen LogP contribution in [0, 0.1) is 5.82 Å². The first kappa shape index (κ1) is 25.3. The Bertz CT molecular complexity index is 1530. The summed E-state index contributed by atoms with van der Waals surface area (Å²) >= 11 is 0. The van der Waals surface area contributed by atoms with Gasteiger partial charge >= 0.3 is 0 Å². The molecule has 0 spiro atoms. The standard InChI is InChI=1S/C29H32FN7O2/c1-35(2)17-29(39-3)10-4-11-36(18-29)20-5-8-25(31-14-20)34-23-7-6-21(22-15-33-28(38)27(22)23)24-16-32-26-13-19(30)9-12-37(24)26/h5-9,12-14,16H,4,10-11,15,17-18H2,1-3H3,(H,31,34)(H,33,38)/t29-/m1/s1. The van der Waals surface area contributed by atoms with E-state index in [-0.39, 0.29) is 17.3 Å². The molecule has 4 aromatic rings. The molecule has 1 amide bonds. The van der Waals surface area contributed by atoms with Crippen LogP contribution in [0.1, 0.15) is 28.8 Å². The highest BCUT2D eigenvalue weighted by molar-refractivity contribution is 6.06. The van der Waals surface area contributed by atoms with E-state index >= 15 is 0 Å². The number of piperidine rings is 1. The van der Waals surface area contributed by atoms with Crippen LogP contribution in [-0.2, 0) is 11.3 Å². The summed E-state index contributed by atoms with van der Waals surface area (Å²) in [5.41, 5.74) is 5.17. The molecular formula is C29H32FN7O2. The third-order valence-electron chi connectivity index (χ3n) is 7.67. The molecule has 6 rings (SSSR count). The lowest BCUT2D eigenvalue weighted by Crippen LogP contribution is -2.54. The number of methoxy groups -OCH3 is 1. The van der Waals surface area contributed by atoms with Crippen molar-refractivity contribution in [3.8, 4) is 11.3 Å². The van der Waals surface area contributed by atoms with Crippen LogP contribution in [-0.4, -0.2) is 71.6 Å². The second-order valence-corrected chi connectivity index (χ2v) is 10.6. The van der Waals surface area contributed by atoms with Crippen molar-refractivity contribution >= 4 is 28.7 Å². The number of nitrogens with one attached hydrogen (secondary N) is 2. The van der Waals surface area contributed by atoms with Crippen molar-refractivity contribution in [1.29, 1.82) is 0 Å². The SMILES string of the molecule is CO[C@@]1(CN(C)C)CCCN(c2ccc(Nc3ccc(-c4cnc5cc(F)ccn45)c4c3C(=O)NC4)nc2)C1. The van der Waals surface area contributed by atoms with Crippen LogP contribution in [0.2, 0.25) is 0 Å². The number of aromatic nitrogens is 3. The van der Waals surface area contributed by atoms with Gasteiger partial charge in [0.2, 0.25) is 0 Å². The Kier molecular flexibility index (Phi) is 6.44. The van der Waals surface area contributed by atoms with Gasteiger partial charge < -0.3 is 25.2 Å². The zero-order valence-electron chi connectivity index (χ0n) is 22.4. The highest BCUT2D eigenvalue weighted by Crippen LogP contribution is 2.36. The number of ether oxygens (including phenoxy) is 1. The maximum Gasteiger partial charge on any atom is 0.254 e. The van der Waals surface area contributed by atoms with Gasteiger partial charge in [0.15, 0.2) is 0 Å². The van der Waals surface area contributed by atoms with E-state index in [1.807, 2.05) is 28.8 Å². The first-order valence-corrected chi connectivity index (χ1v) is 13.1. The monoisotopic (exact) mass is 529 g/mol. The number of halogens is 1. The predicted octanol–water partition coefficient (Wildman–Crippen LogP) is 4.07. The Labute approximate surface area is 226 Å². The summed E-state index contributed by atoms with van der Waals surface area (Å²) in [4.78, 5) is 26.4. The quantitative estimate of drug-likeness (QED) is 0.373. The molecule has 2 aliphatic rings. The van der Waals surface area contributed by atoms with Gasteiger partial charge in [-0.3, -0.25) is 9.20 Å². The Morgan fingerprint density at radius 2 is 2.05 bits per heavy atom. The Hall–Kier alpha value is -4.02. The molecule has 0 radical (unpaired) electrons. The molecule has 1 saturated heterocycles. The van der Waals surface area contributed by atoms with Gasteiger partial charge in [0.05, 0.1) is 40.6 Å². The number of amides is 1. The molecule has 9 nitrogen and oxygen atoms in total. The minimum absolute atomic E-state index is 0.143. The zero-order chi connectivity index (χ0) is 27.1. The molecule has 0 bridgehead atoms. The largest absolute Gasteiger partial charge is 0.375 e. The number of benzene rings is 1. The zero-order valence-corrected chi connectivity index (χ0v) is 22.4. The van der Waals surface area contributed by atoms with Gasteiger partial charge in [-0.25, -0.2) is 14.4 Å². The van der Waals surface area contributed by atoms with Gasteiger partial charge in [0.25, 0.3) is 5.91 Å². The fraction of sp³-hybridized carbons (Fsp3) is 0.345. The van der Waals surface area contributed by atoms with E-state index in [1.165, 1.54) is 12.1 Å². The van der Waals surface area contributed by atoms with Crippen LogP contribution in [0.25, 0.3) is 16.9 Å². The van der Waals surface area contributed by atoms with Crippen LogP contribution >= 0.6 is 0 Å². The summed E-state index contributed by atoms with van der Waals surface area (Å²) in [5.74, 6) is 0.171. The van der Waals surface area contributed by atoms with Crippen molar-refractivity contribution in [2.24, 2.45) is 0 Å². The van der Waals surface area contributed by atoms with E-state index < -0.39 is 0 Å². The topological polar surface area (TPSA) is 87.0 Å². The van der Waals surface area contributed by atoms with E-state index in [9.17, 15) is 9.18 Å². The van der Waals surface area contributed by atoms with Gasteiger partial charge in [-0.05, 0) is 56.8 Å². The average molecular weight is 530 g/mol. The molecule has 202 valence electrons. The van der Waals surface area contributed by atoms with Crippen LogP contribution in [0.15, 0.2) is 55.0 Å². The number of anilines is 3. The summed E-state index contributed by atoms with van der Waals surface area (Å²) in [6, 6.07) is 10.6. The van der Waals surface area contributed by atoms with Gasteiger partial charge in [0.1, 0.15) is 17.3 Å². The maximum atomic E-state index is 13.7. The van der Waals surface area contributed by atoms with Gasteiger partial charge in [-0.15, -0.1) is 0 Å². The van der Waals surface area contributed by atoms with E-state index in [2.05, 4.69) is 50.6 Å². The summed E-state index contributed by atoms with van der Waals surface area (Å²) in [5, 5.41) is 6.28. The third-order valence-corrected chi connectivity index (χ3v) is 7.67. The highest BCUT2D eigenvalue weighted by atomic mass is 19.1. The first-order valence-electron chi connectivity index (χ1n) is 13.1. The van der Waals surface area contributed by atoms with Crippen LogP contribution < -0.4 is 15.5 Å². The second kappa shape index (κ2) is 9.94. The first-order chi connectivity index (χ1) is 18.9. The van der Waals surface area contributed by atoms with Gasteiger partial charge in [-0.1, -0.05) is 6.07 Å². The average Bonchev–Trinajstić information content (AvgIpc) is 3.53. The molecule has 0 aliphatic carbocycles. The van der Waals surface area contributed by atoms with Crippen LogP contribution in [0.5, 0.6) is 0 Å². The number of pyridine rings is 2. The number of fused-ring (bicyclic) bond motifs is 2. The van der Waals surface area contributed by atoms with Crippen molar-refractivity contribution < 1.29 is 13.9 Å². The molecule has 0 saturated carbocycles. The molecule has 1 atom stereocenters. The minimum Gasteiger partial charge on any atom is -0.375 e. The highest BCUT2D eigenvalue weighted by Gasteiger charge is 2.36. The molecule has 3 aromatic heterocycles. The summed E-state index contributed by atoms with van der Waals surface area (Å²) in [6.45, 7) is 3.03. The fourth-order valence-corrected chi connectivity index (χ4v) is 5.89. The number of likely N-dealkylation sites (N-methyl/N-ethyl adjacent to an activating group) is 1. The molecule has 10 heteroatoms. The molecule has 0 unspecified atom stereocenters. The lowest BCUT2D eigenvalue weighted by atomic mass is 9.91. The second-order valence-electron chi connectivity index (χ2n) is 10.6. The van der Waals surface area contributed by atoms with E-state index in [0.29, 0.717) is 29.3 Å². The van der Waals surface area contributed by atoms with Crippen molar-refractivity contribution in [2.45, 2.75) is 25.0 Å². The Balaban J connectivity index is 1.25.